The second-order valence-corrected chi connectivity index (χ2v) is 10.7. The van der Waals surface area contributed by atoms with Crippen molar-refractivity contribution in [2.24, 2.45) is 0 Å². The van der Waals surface area contributed by atoms with Crippen molar-refractivity contribution in [1.29, 1.82) is 0 Å². The van der Waals surface area contributed by atoms with Gasteiger partial charge in [0.25, 0.3) is 0 Å². The highest BCUT2D eigenvalue weighted by molar-refractivity contribution is 5.93. The summed E-state index contributed by atoms with van der Waals surface area (Å²) in [5, 5.41) is 5.93. The number of nitrogens with zero attached hydrogens (tertiary/aromatic N) is 3. The number of benzene rings is 2. The smallest absolute Gasteiger partial charge is 0.412 e. The Morgan fingerprint density at radius 3 is 2.52 bits per heavy atom. The Morgan fingerprint density at radius 2 is 1.80 bits per heavy atom. The quantitative estimate of drug-likeness (QED) is 0.379. The van der Waals surface area contributed by atoms with E-state index in [2.05, 4.69) is 20.6 Å². The predicted molar refractivity (Wildman–Crippen MR) is 151 cm³/mol. The molecule has 1 aliphatic heterocycles. The Kier molecular flexibility index (Phi) is 7.25. The molecule has 0 radical (unpaired) electrons. The predicted octanol–water partition coefficient (Wildman–Crippen LogP) is 4.49. The number of ether oxygens (including phenoxy) is 1. The highest BCUT2D eigenvalue weighted by Crippen LogP contribution is 2.30. The van der Waals surface area contributed by atoms with Crippen LogP contribution in [0.5, 0.6) is 0 Å². The molecule has 2 aromatic heterocycles. The van der Waals surface area contributed by atoms with Gasteiger partial charge in [0, 0.05) is 37.6 Å². The third kappa shape index (κ3) is 5.80. The normalized spacial score (nSPS) is 14.9. The van der Waals surface area contributed by atoms with Gasteiger partial charge in [-0.2, -0.15) is 4.98 Å². The van der Waals surface area contributed by atoms with Crippen molar-refractivity contribution in [1.82, 2.24) is 15.3 Å². The summed E-state index contributed by atoms with van der Waals surface area (Å²) in [5.41, 5.74) is 3.05. The lowest BCUT2D eigenvalue weighted by atomic mass is 9.93. The molecule has 0 saturated carbocycles. The summed E-state index contributed by atoms with van der Waals surface area (Å²) in [6.07, 6.45) is 3.15. The Balaban J connectivity index is 1.47. The molecule has 1 atom stereocenters. The molecule has 0 bridgehead atoms. The number of amides is 2. The largest absolute Gasteiger partial charge is 0.444 e. The van der Waals surface area contributed by atoms with Gasteiger partial charge in [-0.05, 0) is 74.2 Å². The lowest BCUT2D eigenvalue weighted by Gasteiger charge is -2.35. The molecule has 206 valence electrons. The van der Waals surface area contributed by atoms with Crippen molar-refractivity contribution < 1.29 is 18.7 Å². The zero-order chi connectivity index (χ0) is 28.4. The summed E-state index contributed by atoms with van der Waals surface area (Å²) in [7, 11) is 0. The van der Waals surface area contributed by atoms with Crippen LogP contribution in [0, 0.1) is 6.92 Å². The molecule has 1 aliphatic rings. The second kappa shape index (κ2) is 10.8. The van der Waals surface area contributed by atoms with Crippen LogP contribution in [0.3, 0.4) is 0 Å². The van der Waals surface area contributed by atoms with E-state index in [-0.39, 0.29) is 17.3 Å². The molecular weight excluding hydrogens is 510 g/mol. The van der Waals surface area contributed by atoms with E-state index in [0.29, 0.717) is 36.3 Å². The first-order chi connectivity index (χ1) is 19.1. The second-order valence-electron chi connectivity index (χ2n) is 10.7. The Hall–Kier alpha value is -4.73. The molecule has 2 N–H and O–H groups in total. The van der Waals surface area contributed by atoms with Gasteiger partial charge in [0.15, 0.2) is 0 Å². The molecule has 2 aromatic carbocycles. The fraction of sp³-hybridized carbons (Fsp3) is 0.300. The monoisotopic (exact) mass is 541 g/mol. The van der Waals surface area contributed by atoms with Crippen LogP contribution in [0.1, 0.15) is 43.0 Å². The van der Waals surface area contributed by atoms with E-state index in [9.17, 15) is 14.4 Å². The number of carbonyl (C=O) groups is 2. The van der Waals surface area contributed by atoms with Crippen LogP contribution in [0.15, 0.2) is 70.1 Å². The molecular formula is C30H31N5O5. The molecule has 40 heavy (non-hydrogen) atoms. The van der Waals surface area contributed by atoms with Crippen LogP contribution in [-0.2, 0) is 29.0 Å². The number of nitrogens with one attached hydrogen (secondary N) is 2. The van der Waals surface area contributed by atoms with Crippen LogP contribution in [0.25, 0.3) is 10.9 Å². The zero-order valence-corrected chi connectivity index (χ0v) is 22.9. The van der Waals surface area contributed by atoms with E-state index < -0.39 is 23.4 Å². The summed E-state index contributed by atoms with van der Waals surface area (Å²) in [4.78, 5) is 49.4. The fourth-order valence-corrected chi connectivity index (χ4v) is 4.75. The first-order valence-electron chi connectivity index (χ1n) is 13.0. The molecule has 10 heteroatoms. The number of rotatable bonds is 5. The molecule has 0 aliphatic carbocycles. The van der Waals surface area contributed by atoms with E-state index in [0.717, 1.165) is 16.7 Å². The van der Waals surface area contributed by atoms with Gasteiger partial charge in [0.2, 0.25) is 5.91 Å². The summed E-state index contributed by atoms with van der Waals surface area (Å²) in [6.45, 7) is 7.71. The Labute approximate surface area is 231 Å². The van der Waals surface area contributed by atoms with Crippen LogP contribution >= 0.6 is 0 Å². The summed E-state index contributed by atoms with van der Waals surface area (Å²) >= 11 is 0. The number of aromatic nitrogens is 2. The minimum atomic E-state index is -0.668. The maximum atomic E-state index is 13.4. The van der Waals surface area contributed by atoms with E-state index >= 15 is 0 Å². The lowest BCUT2D eigenvalue weighted by Crippen LogP contribution is -2.50. The minimum absolute atomic E-state index is 0.0586. The van der Waals surface area contributed by atoms with E-state index in [1.807, 2.05) is 36.4 Å². The first-order valence-corrected chi connectivity index (χ1v) is 13.0. The average molecular weight is 542 g/mol. The van der Waals surface area contributed by atoms with Gasteiger partial charge in [-0.3, -0.25) is 15.1 Å². The highest BCUT2D eigenvalue weighted by Gasteiger charge is 2.34. The number of carbonyl (C=O) groups excluding carboxylic acids is 2. The lowest BCUT2D eigenvalue weighted by molar-refractivity contribution is -0.122. The third-order valence-electron chi connectivity index (χ3n) is 6.70. The maximum Gasteiger partial charge on any atom is 0.412 e. The summed E-state index contributed by atoms with van der Waals surface area (Å²) < 4.78 is 11.1. The Bertz CT molecular complexity index is 1630. The number of pyridine rings is 1. The Morgan fingerprint density at radius 1 is 1.07 bits per heavy atom. The van der Waals surface area contributed by atoms with Crippen molar-refractivity contribution in [2.75, 3.05) is 10.2 Å². The average Bonchev–Trinajstić information content (AvgIpc) is 2.92. The molecule has 0 fully saturated rings. The van der Waals surface area contributed by atoms with Gasteiger partial charge in [-0.25, -0.2) is 9.59 Å². The summed E-state index contributed by atoms with van der Waals surface area (Å²) in [6, 6.07) is 14.3. The van der Waals surface area contributed by atoms with Gasteiger partial charge in [0.1, 0.15) is 11.6 Å². The van der Waals surface area contributed by atoms with Crippen LogP contribution in [0.4, 0.5) is 16.5 Å². The van der Waals surface area contributed by atoms with Crippen molar-refractivity contribution in [3.63, 3.8) is 0 Å². The number of aryl methyl sites for hydroxylation is 1. The highest BCUT2D eigenvalue weighted by atomic mass is 16.6. The number of fused-ring (bicyclic) bond motifs is 2. The van der Waals surface area contributed by atoms with Crippen molar-refractivity contribution in [2.45, 2.75) is 58.8 Å². The van der Waals surface area contributed by atoms with Crippen molar-refractivity contribution >= 4 is 34.6 Å². The van der Waals surface area contributed by atoms with Gasteiger partial charge >= 0.3 is 17.7 Å². The maximum absolute atomic E-state index is 13.4. The van der Waals surface area contributed by atoms with Crippen molar-refractivity contribution in [3.05, 3.63) is 93.6 Å². The van der Waals surface area contributed by atoms with Crippen LogP contribution < -0.4 is 21.2 Å². The molecule has 0 saturated heterocycles. The van der Waals surface area contributed by atoms with Gasteiger partial charge in [-0.15, -0.1) is 0 Å². The van der Waals surface area contributed by atoms with E-state index in [4.69, 9.17) is 9.15 Å². The molecule has 5 rings (SSSR count). The SMILES string of the molecule is Cc1c(NC(=O)OC(C)(C)C)ccc2nc(N3Cc4ccccc4C[C@H]3C(=O)NCc3ccncc3)oc(=O)c12. The van der Waals surface area contributed by atoms with E-state index in [1.165, 1.54) is 0 Å². The number of hydrogen-bond donors (Lipinski definition) is 2. The van der Waals surface area contributed by atoms with Gasteiger partial charge in [-0.1, -0.05) is 24.3 Å². The van der Waals surface area contributed by atoms with Gasteiger partial charge in [0.05, 0.1) is 10.9 Å². The minimum Gasteiger partial charge on any atom is -0.444 e. The molecule has 2 amide bonds. The molecule has 10 nitrogen and oxygen atoms in total. The third-order valence-corrected chi connectivity index (χ3v) is 6.70. The van der Waals surface area contributed by atoms with E-state index in [1.54, 1.807) is 57.1 Å². The fourth-order valence-electron chi connectivity index (χ4n) is 4.75. The number of hydrogen-bond acceptors (Lipinski definition) is 8. The molecule has 0 spiro atoms. The topological polar surface area (TPSA) is 127 Å². The molecule has 3 heterocycles. The van der Waals surface area contributed by atoms with Gasteiger partial charge < -0.3 is 19.4 Å². The first kappa shape index (κ1) is 26.9. The molecule has 0 unspecified atom stereocenters. The van der Waals surface area contributed by atoms with Crippen LogP contribution in [-0.4, -0.2) is 33.6 Å². The van der Waals surface area contributed by atoms with Crippen molar-refractivity contribution in [3.8, 4) is 0 Å². The van der Waals surface area contributed by atoms with Crippen LogP contribution in [0.2, 0.25) is 0 Å². The molecule has 4 aromatic rings. The standard InChI is InChI=1S/C30H31N5O5/c1-18-22(34-29(38)40-30(2,3)4)9-10-23-25(18)27(37)39-28(33-23)35-17-21-8-6-5-7-20(21)15-24(35)26(36)32-16-19-11-13-31-14-12-19/h5-14,24H,15-17H2,1-4H3,(H,32,36)(H,34,38)/t24-/m0/s1. The number of anilines is 2. The summed E-state index contributed by atoms with van der Waals surface area (Å²) in [5.74, 6) is -0.205. The zero-order valence-electron chi connectivity index (χ0n) is 22.9.